The highest BCUT2D eigenvalue weighted by Crippen LogP contribution is 2.25. The Morgan fingerprint density at radius 1 is 0.735 bits per heavy atom. The summed E-state index contributed by atoms with van der Waals surface area (Å²) in [7, 11) is 0. The summed E-state index contributed by atoms with van der Waals surface area (Å²) in [4.78, 5) is 35.0. The third-order valence-electron chi connectivity index (χ3n) is 4.76. The first-order valence-electron chi connectivity index (χ1n) is 10.6. The Balaban J connectivity index is 1.50. The molecule has 0 heterocycles. The predicted octanol–water partition coefficient (Wildman–Crippen LogP) is 5.46. The summed E-state index contributed by atoms with van der Waals surface area (Å²) in [5, 5.41) is 0. The van der Waals surface area contributed by atoms with Crippen molar-refractivity contribution in [1.82, 2.24) is 0 Å². The van der Waals surface area contributed by atoms with Crippen molar-refractivity contribution in [1.29, 1.82) is 0 Å². The first-order chi connectivity index (χ1) is 16.3. The highest BCUT2D eigenvalue weighted by molar-refractivity contribution is 5.88. The van der Waals surface area contributed by atoms with Gasteiger partial charge in [-0.15, -0.1) is 0 Å². The molecule has 0 aromatic heterocycles. The molecule has 0 saturated carbocycles. The highest BCUT2D eigenvalue weighted by atomic mass is 16.5. The molecule has 0 bridgehead atoms. The van der Waals surface area contributed by atoms with Crippen LogP contribution in [-0.4, -0.2) is 17.9 Å². The molecule has 3 rings (SSSR count). The third kappa shape index (κ3) is 7.03. The topological polar surface area (TPSA) is 78.9 Å². The molecule has 0 aliphatic carbocycles. The molecule has 34 heavy (non-hydrogen) atoms. The molecule has 0 spiro atoms. The zero-order chi connectivity index (χ0) is 24.5. The lowest BCUT2D eigenvalue weighted by Crippen LogP contribution is -2.09. The average Bonchev–Trinajstić information content (AvgIpc) is 2.84. The molecular weight excluding hydrogens is 432 g/mol. The number of aryl methyl sites for hydroxylation is 1. The van der Waals surface area contributed by atoms with Crippen LogP contribution in [0.2, 0.25) is 0 Å². The van der Waals surface area contributed by atoms with E-state index in [0.29, 0.717) is 29.2 Å². The van der Waals surface area contributed by atoms with Gasteiger partial charge in [-0.05, 0) is 66.4 Å². The summed E-state index contributed by atoms with van der Waals surface area (Å²) >= 11 is 0. The molecule has 0 radical (unpaired) electrons. The molecule has 0 N–H and O–H groups in total. The minimum Gasteiger partial charge on any atom is -0.427 e. The van der Waals surface area contributed by atoms with E-state index in [9.17, 15) is 14.4 Å². The standard InChI is InChI=1S/C28H24O6/c1-4-26(29)32-23-12-5-20(6-13-23)7-18-27(30)33-24-14-8-21(9-15-24)22-10-16-25(17-11-22)34-28(31)19(2)3/h4-6,8-17H,1-2,7,18H2,3H3. The smallest absolute Gasteiger partial charge is 0.338 e. The Kier molecular flexibility index (Phi) is 8.13. The monoisotopic (exact) mass is 456 g/mol. The van der Waals surface area contributed by atoms with Crippen molar-refractivity contribution in [3.05, 3.63) is 103 Å². The van der Waals surface area contributed by atoms with Crippen molar-refractivity contribution in [3.63, 3.8) is 0 Å². The van der Waals surface area contributed by atoms with Gasteiger partial charge in [0.25, 0.3) is 0 Å². The number of carbonyl (C=O) groups is 3. The second-order valence-electron chi connectivity index (χ2n) is 7.46. The summed E-state index contributed by atoms with van der Waals surface area (Å²) in [6.07, 6.45) is 1.80. The predicted molar refractivity (Wildman–Crippen MR) is 129 cm³/mol. The van der Waals surface area contributed by atoms with Gasteiger partial charge in [-0.25, -0.2) is 9.59 Å². The van der Waals surface area contributed by atoms with Crippen LogP contribution in [0.15, 0.2) is 97.6 Å². The van der Waals surface area contributed by atoms with Crippen LogP contribution in [0.1, 0.15) is 18.9 Å². The molecule has 0 aliphatic heterocycles. The maximum atomic E-state index is 12.2. The van der Waals surface area contributed by atoms with Gasteiger partial charge in [0.2, 0.25) is 0 Å². The minimum atomic E-state index is -0.525. The Labute approximate surface area is 198 Å². The van der Waals surface area contributed by atoms with Crippen LogP contribution in [0.4, 0.5) is 0 Å². The summed E-state index contributed by atoms with van der Waals surface area (Å²) in [5.41, 5.74) is 3.10. The maximum absolute atomic E-state index is 12.2. The van der Waals surface area contributed by atoms with Gasteiger partial charge in [0.15, 0.2) is 0 Å². The number of hydrogen-bond donors (Lipinski definition) is 0. The van der Waals surface area contributed by atoms with Gasteiger partial charge >= 0.3 is 17.9 Å². The first-order valence-corrected chi connectivity index (χ1v) is 10.6. The lowest BCUT2D eigenvalue weighted by atomic mass is 10.1. The molecule has 0 aliphatic rings. The highest BCUT2D eigenvalue weighted by Gasteiger charge is 2.08. The van der Waals surface area contributed by atoms with E-state index in [0.717, 1.165) is 22.8 Å². The Morgan fingerprint density at radius 3 is 1.71 bits per heavy atom. The van der Waals surface area contributed by atoms with E-state index in [4.69, 9.17) is 14.2 Å². The van der Waals surface area contributed by atoms with Gasteiger partial charge < -0.3 is 14.2 Å². The average molecular weight is 456 g/mol. The zero-order valence-corrected chi connectivity index (χ0v) is 18.8. The lowest BCUT2D eigenvalue weighted by molar-refractivity contribution is -0.134. The SMILES string of the molecule is C=CC(=O)Oc1ccc(CCC(=O)Oc2ccc(-c3ccc(OC(=O)C(=C)C)cc3)cc2)cc1. The van der Waals surface area contributed by atoms with E-state index in [-0.39, 0.29) is 12.4 Å². The Morgan fingerprint density at radius 2 is 1.21 bits per heavy atom. The van der Waals surface area contributed by atoms with Crippen LogP contribution in [0.3, 0.4) is 0 Å². The molecule has 0 amide bonds. The molecular formula is C28H24O6. The molecule has 0 fully saturated rings. The van der Waals surface area contributed by atoms with Crippen LogP contribution in [0.25, 0.3) is 11.1 Å². The third-order valence-corrected chi connectivity index (χ3v) is 4.76. The van der Waals surface area contributed by atoms with Gasteiger partial charge in [-0.1, -0.05) is 49.6 Å². The van der Waals surface area contributed by atoms with Crippen molar-refractivity contribution < 1.29 is 28.6 Å². The lowest BCUT2D eigenvalue weighted by Gasteiger charge is -2.08. The summed E-state index contributed by atoms with van der Waals surface area (Å²) in [5.74, 6) is -0.0343. The van der Waals surface area contributed by atoms with E-state index < -0.39 is 11.9 Å². The van der Waals surface area contributed by atoms with Crippen LogP contribution < -0.4 is 14.2 Å². The fraction of sp³-hybridized carbons (Fsp3) is 0.107. The van der Waals surface area contributed by atoms with Gasteiger partial charge in [0, 0.05) is 18.1 Å². The van der Waals surface area contributed by atoms with Crippen LogP contribution >= 0.6 is 0 Å². The summed E-state index contributed by atoms with van der Waals surface area (Å²) in [6.45, 7) is 8.50. The Bertz CT molecular complexity index is 1190. The van der Waals surface area contributed by atoms with Gasteiger partial charge in [0.1, 0.15) is 17.2 Å². The molecule has 6 nitrogen and oxygen atoms in total. The van der Waals surface area contributed by atoms with Gasteiger partial charge in [-0.3, -0.25) is 4.79 Å². The normalized spacial score (nSPS) is 10.1. The number of hydrogen-bond acceptors (Lipinski definition) is 6. The molecule has 3 aromatic carbocycles. The molecule has 0 saturated heterocycles. The van der Waals surface area contributed by atoms with Crippen molar-refractivity contribution in [2.45, 2.75) is 19.8 Å². The van der Waals surface area contributed by atoms with E-state index in [1.54, 1.807) is 55.5 Å². The minimum absolute atomic E-state index is 0.206. The summed E-state index contributed by atoms with van der Waals surface area (Å²) < 4.78 is 15.6. The summed E-state index contributed by atoms with van der Waals surface area (Å²) in [6, 6.07) is 21.2. The number of esters is 3. The second kappa shape index (κ2) is 11.4. The first kappa shape index (κ1) is 24.2. The number of rotatable bonds is 9. The fourth-order valence-corrected chi connectivity index (χ4v) is 2.94. The number of carbonyl (C=O) groups excluding carboxylic acids is 3. The van der Waals surface area contributed by atoms with Crippen molar-refractivity contribution in [2.75, 3.05) is 0 Å². The second-order valence-corrected chi connectivity index (χ2v) is 7.46. The largest absolute Gasteiger partial charge is 0.427 e. The zero-order valence-electron chi connectivity index (χ0n) is 18.8. The van der Waals surface area contributed by atoms with Crippen molar-refractivity contribution in [3.8, 4) is 28.4 Å². The van der Waals surface area contributed by atoms with Crippen molar-refractivity contribution in [2.24, 2.45) is 0 Å². The van der Waals surface area contributed by atoms with Gasteiger partial charge in [0.05, 0.1) is 0 Å². The van der Waals surface area contributed by atoms with Crippen LogP contribution in [0, 0.1) is 0 Å². The molecule has 6 heteroatoms. The molecule has 3 aromatic rings. The molecule has 0 atom stereocenters. The Hall–Kier alpha value is -4.45. The molecule has 172 valence electrons. The molecule has 0 unspecified atom stereocenters. The van der Waals surface area contributed by atoms with E-state index in [1.807, 2.05) is 24.3 Å². The van der Waals surface area contributed by atoms with Crippen LogP contribution in [-0.2, 0) is 20.8 Å². The van der Waals surface area contributed by atoms with E-state index in [1.165, 1.54) is 0 Å². The number of benzene rings is 3. The number of ether oxygens (including phenoxy) is 3. The fourth-order valence-electron chi connectivity index (χ4n) is 2.94. The van der Waals surface area contributed by atoms with E-state index >= 15 is 0 Å². The van der Waals surface area contributed by atoms with Gasteiger partial charge in [-0.2, -0.15) is 0 Å². The van der Waals surface area contributed by atoms with Crippen molar-refractivity contribution >= 4 is 17.9 Å². The van der Waals surface area contributed by atoms with E-state index in [2.05, 4.69) is 13.2 Å². The quantitative estimate of drug-likeness (QED) is 0.242. The maximum Gasteiger partial charge on any atom is 0.338 e. The van der Waals surface area contributed by atoms with Crippen LogP contribution in [0.5, 0.6) is 17.2 Å².